The van der Waals surface area contributed by atoms with Crippen molar-refractivity contribution in [1.82, 2.24) is 10.2 Å². The average molecular weight is 326 g/mol. The van der Waals surface area contributed by atoms with Gasteiger partial charge in [-0.2, -0.15) is 0 Å². The quantitative estimate of drug-likeness (QED) is 0.771. The van der Waals surface area contributed by atoms with Gasteiger partial charge in [0.15, 0.2) is 0 Å². The van der Waals surface area contributed by atoms with E-state index < -0.39 is 0 Å². The molecule has 2 fully saturated rings. The molecule has 0 aromatic heterocycles. The molecule has 1 aromatic rings. The van der Waals surface area contributed by atoms with Gasteiger partial charge in [-0.25, -0.2) is 4.79 Å². The zero-order valence-electron chi connectivity index (χ0n) is 14.8. The molecule has 2 amide bonds. The molecular formula is C21H30N2O. The van der Waals surface area contributed by atoms with Crippen molar-refractivity contribution in [1.29, 1.82) is 0 Å². The molecule has 0 bridgehead atoms. The van der Waals surface area contributed by atoms with Gasteiger partial charge in [0.05, 0.1) is 5.54 Å². The van der Waals surface area contributed by atoms with Gasteiger partial charge in [0.1, 0.15) is 0 Å². The van der Waals surface area contributed by atoms with E-state index in [2.05, 4.69) is 35.9 Å². The molecule has 3 nitrogen and oxygen atoms in total. The van der Waals surface area contributed by atoms with Crippen LogP contribution >= 0.6 is 0 Å². The van der Waals surface area contributed by atoms with Crippen LogP contribution in [0.3, 0.4) is 0 Å². The van der Waals surface area contributed by atoms with E-state index in [1.54, 1.807) is 0 Å². The lowest BCUT2D eigenvalue weighted by atomic mass is 9.80. The zero-order valence-corrected chi connectivity index (χ0v) is 14.8. The highest BCUT2D eigenvalue weighted by Gasteiger charge is 2.41. The topological polar surface area (TPSA) is 32.3 Å². The SMILES string of the molecule is C=CCC1(c2ccccc2)CCN([C@@H](C)C2CCCCC2)C(=O)N1. The van der Waals surface area contributed by atoms with Crippen LogP contribution in [-0.4, -0.2) is 23.5 Å². The molecular weight excluding hydrogens is 296 g/mol. The predicted octanol–water partition coefficient (Wildman–Crippen LogP) is 4.84. The molecule has 0 spiro atoms. The fourth-order valence-corrected chi connectivity index (χ4v) is 4.50. The van der Waals surface area contributed by atoms with Crippen molar-refractivity contribution in [3.8, 4) is 0 Å². The average Bonchev–Trinajstić information content (AvgIpc) is 2.63. The molecule has 3 heteroatoms. The van der Waals surface area contributed by atoms with Crippen LogP contribution in [0.5, 0.6) is 0 Å². The fraction of sp³-hybridized carbons (Fsp3) is 0.571. The summed E-state index contributed by atoms with van der Waals surface area (Å²) in [4.78, 5) is 15.0. The summed E-state index contributed by atoms with van der Waals surface area (Å²) >= 11 is 0. The van der Waals surface area contributed by atoms with E-state index in [9.17, 15) is 4.79 Å². The summed E-state index contributed by atoms with van der Waals surface area (Å²) in [6.07, 6.45) is 10.1. The second-order valence-electron chi connectivity index (χ2n) is 7.45. The third kappa shape index (κ3) is 3.35. The van der Waals surface area contributed by atoms with Gasteiger partial charge < -0.3 is 10.2 Å². The maximum Gasteiger partial charge on any atom is 0.318 e. The monoisotopic (exact) mass is 326 g/mol. The summed E-state index contributed by atoms with van der Waals surface area (Å²) in [6.45, 7) is 6.97. The van der Waals surface area contributed by atoms with Crippen molar-refractivity contribution in [3.63, 3.8) is 0 Å². The Bertz CT molecular complexity index is 564. The van der Waals surface area contributed by atoms with E-state index in [-0.39, 0.29) is 11.6 Å². The molecule has 1 saturated carbocycles. The van der Waals surface area contributed by atoms with E-state index in [1.807, 2.05) is 24.3 Å². The Morgan fingerprint density at radius 1 is 1.29 bits per heavy atom. The lowest BCUT2D eigenvalue weighted by Gasteiger charge is -2.46. The normalized spacial score (nSPS) is 26.7. The largest absolute Gasteiger partial charge is 0.328 e. The van der Waals surface area contributed by atoms with Crippen LogP contribution < -0.4 is 5.32 Å². The number of benzene rings is 1. The molecule has 1 saturated heterocycles. The Hall–Kier alpha value is -1.77. The summed E-state index contributed by atoms with van der Waals surface area (Å²) in [5.74, 6) is 0.660. The Morgan fingerprint density at radius 2 is 2.00 bits per heavy atom. The second kappa shape index (κ2) is 7.42. The summed E-state index contributed by atoms with van der Waals surface area (Å²) < 4.78 is 0. The maximum absolute atomic E-state index is 12.9. The highest BCUT2D eigenvalue weighted by Crippen LogP contribution is 2.35. The van der Waals surface area contributed by atoms with Crippen LogP contribution in [0.4, 0.5) is 4.79 Å². The molecule has 2 aliphatic rings. The lowest BCUT2D eigenvalue weighted by Crippen LogP contribution is -2.60. The Labute approximate surface area is 146 Å². The van der Waals surface area contributed by atoms with Crippen molar-refractivity contribution < 1.29 is 4.79 Å². The van der Waals surface area contributed by atoms with Gasteiger partial charge in [0.25, 0.3) is 0 Å². The van der Waals surface area contributed by atoms with Crippen molar-refractivity contribution >= 4 is 6.03 Å². The number of urea groups is 1. The van der Waals surface area contributed by atoms with E-state index in [0.717, 1.165) is 19.4 Å². The maximum atomic E-state index is 12.9. The smallest absolute Gasteiger partial charge is 0.318 e. The molecule has 1 aromatic carbocycles. The van der Waals surface area contributed by atoms with Gasteiger partial charge >= 0.3 is 6.03 Å². The van der Waals surface area contributed by atoms with E-state index >= 15 is 0 Å². The number of amides is 2. The summed E-state index contributed by atoms with van der Waals surface area (Å²) in [6, 6.07) is 10.8. The second-order valence-corrected chi connectivity index (χ2v) is 7.45. The first-order valence-corrected chi connectivity index (χ1v) is 9.41. The Balaban J connectivity index is 1.75. The van der Waals surface area contributed by atoms with Gasteiger partial charge in [-0.1, -0.05) is 55.7 Å². The summed E-state index contributed by atoms with van der Waals surface area (Å²) in [7, 11) is 0. The minimum Gasteiger partial charge on any atom is -0.328 e. The van der Waals surface area contributed by atoms with E-state index in [1.165, 1.54) is 37.7 Å². The number of hydrogen-bond acceptors (Lipinski definition) is 1. The third-order valence-electron chi connectivity index (χ3n) is 6.03. The van der Waals surface area contributed by atoms with Gasteiger partial charge in [-0.15, -0.1) is 6.58 Å². The molecule has 1 aliphatic heterocycles. The number of carbonyl (C=O) groups excluding carboxylic acids is 1. The first kappa shape index (κ1) is 17.1. The number of carbonyl (C=O) groups is 1. The highest BCUT2D eigenvalue weighted by molar-refractivity contribution is 5.77. The lowest BCUT2D eigenvalue weighted by molar-refractivity contribution is 0.0966. The minimum absolute atomic E-state index is 0.0880. The van der Waals surface area contributed by atoms with E-state index in [0.29, 0.717) is 12.0 Å². The van der Waals surface area contributed by atoms with Crippen LogP contribution in [0.25, 0.3) is 0 Å². The molecule has 1 unspecified atom stereocenters. The van der Waals surface area contributed by atoms with Crippen LogP contribution in [0, 0.1) is 5.92 Å². The molecule has 1 aliphatic carbocycles. The molecule has 3 rings (SSSR count). The molecule has 0 radical (unpaired) electrons. The van der Waals surface area contributed by atoms with Crippen molar-refractivity contribution in [2.45, 2.75) is 63.5 Å². The number of rotatable bonds is 5. The van der Waals surface area contributed by atoms with E-state index in [4.69, 9.17) is 0 Å². The van der Waals surface area contributed by atoms with Crippen LogP contribution in [0.15, 0.2) is 43.0 Å². The highest BCUT2D eigenvalue weighted by atomic mass is 16.2. The Morgan fingerprint density at radius 3 is 2.62 bits per heavy atom. The zero-order chi connectivity index (χ0) is 17.0. The number of nitrogens with zero attached hydrogens (tertiary/aromatic N) is 1. The molecule has 2 atom stereocenters. The van der Waals surface area contributed by atoms with Crippen molar-refractivity contribution in [2.75, 3.05) is 6.54 Å². The van der Waals surface area contributed by atoms with Gasteiger partial charge in [0, 0.05) is 12.6 Å². The van der Waals surface area contributed by atoms with Crippen molar-refractivity contribution in [2.24, 2.45) is 5.92 Å². The molecule has 130 valence electrons. The molecule has 24 heavy (non-hydrogen) atoms. The predicted molar refractivity (Wildman–Crippen MR) is 98.8 cm³/mol. The Kier molecular flexibility index (Phi) is 5.27. The van der Waals surface area contributed by atoms with Crippen molar-refractivity contribution in [3.05, 3.63) is 48.6 Å². The molecule has 1 N–H and O–H groups in total. The van der Waals surface area contributed by atoms with Crippen LogP contribution in [0.1, 0.15) is 57.4 Å². The minimum atomic E-state index is -0.303. The standard InChI is InChI=1S/C21H30N2O/c1-3-14-21(19-12-8-5-9-13-19)15-16-23(20(24)22-21)17(2)18-10-6-4-7-11-18/h3,5,8-9,12-13,17-18H,1,4,6-7,10-11,14-16H2,2H3,(H,22,24)/t17-,21?/m0/s1. The first-order valence-electron chi connectivity index (χ1n) is 9.41. The summed E-state index contributed by atoms with van der Waals surface area (Å²) in [5.41, 5.74) is 0.881. The first-order chi connectivity index (χ1) is 11.7. The van der Waals surface area contributed by atoms with Gasteiger partial charge in [-0.05, 0) is 44.1 Å². The summed E-state index contributed by atoms with van der Waals surface area (Å²) in [5, 5.41) is 3.33. The molecule has 1 heterocycles. The number of nitrogens with one attached hydrogen (secondary N) is 1. The van der Waals surface area contributed by atoms with Crippen LogP contribution in [0.2, 0.25) is 0 Å². The van der Waals surface area contributed by atoms with Gasteiger partial charge in [-0.3, -0.25) is 0 Å². The van der Waals surface area contributed by atoms with Gasteiger partial charge in [0.2, 0.25) is 0 Å². The third-order valence-corrected chi connectivity index (χ3v) is 6.03. The number of hydrogen-bond donors (Lipinski definition) is 1. The van der Waals surface area contributed by atoms with Crippen LogP contribution in [-0.2, 0) is 5.54 Å². The fourth-order valence-electron chi connectivity index (χ4n) is 4.50.